The van der Waals surface area contributed by atoms with Gasteiger partial charge in [0.25, 0.3) is 0 Å². The van der Waals surface area contributed by atoms with Crippen molar-refractivity contribution in [1.29, 1.82) is 0 Å². The quantitative estimate of drug-likeness (QED) is 0.320. The van der Waals surface area contributed by atoms with Gasteiger partial charge in [-0.2, -0.15) is 0 Å². The zero-order chi connectivity index (χ0) is 15.7. The number of nitrogens with zero attached hydrogens (tertiary/aromatic N) is 1. The molecule has 0 aliphatic carbocycles. The van der Waals surface area contributed by atoms with E-state index in [0.29, 0.717) is 17.9 Å². The third-order valence-corrected chi connectivity index (χ3v) is 3.83. The summed E-state index contributed by atoms with van der Waals surface area (Å²) in [6.07, 6.45) is 0. The van der Waals surface area contributed by atoms with E-state index in [9.17, 15) is 10.1 Å². The lowest BCUT2D eigenvalue weighted by Gasteiger charge is -2.16. The smallest absolute Gasteiger partial charge is 0.219 e. The van der Waals surface area contributed by atoms with E-state index >= 15 is 0 Å². The fourth-order valence-corrected chi connectivity index (χ4v) is 2.68. The van der Waals surface area contributed by atoms with Gasteiger partial charge < -0.3 is 25.4 Å². The highest BCUT2D eigenvalue weighted by Gasteiger charge is 2.20. The monoisotopic (exact) mass is 318 g/mol. The molecule has 0 heterocycles. The van der Waals surface area contributed by atoms with E-state index in [2.05, 4.69) is 0 Å². The van der Waals surface area contributed by atoms with Gasteiger partial charge in [-0.05, 0) is 17.7 Å². The second kappa shape index (κ2) is 9.40. The summed E-state index contributed by atoms with van der Waals surface area (Å²) >= 11 is 1.37. The molecule has 0 saturated carbocycles. The zero-order valence-corrected chi connectivity index (χ0v) is 12.1. The van der Waals surface area contributed by atoms with E-state index < -0.39 is 13.6 Å². The highest BCUT2D eigenvalue weighted by atomic mass is 32.2. The molecule has 118 valence electrons. The maximum atomic E-state index is 10.8. The minimum Gasteiger partial charge on any atom is -0.464 e. The molecular formula is C12H18N2O6S. The molecule has 4 N–H and O–H groups in total. The van der Waals surface area contributed by atoms with Crippen LogP contribution in [0, 0.1) is 10.1 Å². The molecule has 1 unspecified atom stereocenters. The van der Waals surface area contributed by atoms with Crippen LogP contribution in [-0.4, -0.2) is 47.6 Å². The van der Waals surface area contributed by atoms with Crippen molar-refractivity contribution in [3.05, 3.63) is 33.9 Å². The zero-order valence-electron chi connectivity index (χ0n) is 11.3. The van der Waals surface area contributed by atoms with Crippen LogP contribution in [0.1, 0.15) is 10.8 Å². The van der Waals surface area contributed by atoms with Gasteiger partial charge in [-0.1, -0.05) is 6.07 Å². The number of thioether (sulfide) groups is 1. The van der Waals surface area contributed by atoms with Gasteiger partial charge in [0.2, 0.25) is 6.54 Å². The maximum Gasteiger partial charge on any atom is 0.219 e. The topological polar surface area (TPSA) is 128 Å². The molecule has 0 spiro atoms. The number of rotatable bonds is 10. The molecule has 1 aromatic rings. The van der Waals surface area contributed by atoms with E-state index in [-0.39, 0.29) is 28.2 Å². The first-order valence-corrected chi connectivity index (χ1v) is 7.22. The summed E-state index contributed by atoms with van der Waals surface area (Å²) in [5.41, 5.74) is 6.10. The Labute approximate surface area is 126 Å². The third-order valence-electron chi connectivity index (χ3n) is 2.53. The molecule has 0 aliphatic heterocycles. The summed E-state index contributed by atoms with van der Waals surface area (Å²) in [6.45, 7) is -0.934. The largest absolute Gasteiger partial charge is 0.464 e. The first-order valence-electron chi connectivity index (χ1n) is 6.17. The highest BCUT2D eigenvalue weighted by molar-refractivity contribution is 7.99. The van der Waals surface area contributed by atoms with Gasteiger partial charge in [0.05, 0.1) is 5.25 Å². The lowest BCUT2D eigenvalue weighted by atomic mass is 10.1. The lowest BCUT2D eigenvalue weighted by Crippen LogP contribution is -2.13. The van der Waals surface area contributed by atoms with Crippen LogP contribution in [0.15, 0.2) is 18.2 Å². The molecule has 0 saturated heterocycles. The van der Waals surface area contributed by atoms with Gasteiger partial charge in [0.1, 0.15) is 0 Å². The Morgan fingerprint density at radius 3 is 2.52 bits per heavy atom. The maximum absolute atomic E-state index is 10.8. The van der Waals surface area contributed by atoms with Gasteiger partial charge in [0.15, 0.2) is 25.1 Å². The minimum absolute atomic E-state index is 0.214. The van der Waals surface area contributed by atoms with E-state index in [0.717, 1.165) is 0 Å². The Balaban J connectivity index is 3.00. The van der Waals surface area contributed by atoms with E-state index in [1.54, 1.807) is 12.1 Å². The number of hydrogen-bond donors (Lipinski definition) is 3. The molecule has 1 aromatic carbocycles. The Kier molecular flexibility index (Phi) is 7.83. The minimum atomic E-state index is -0.568. The van der Waals surface area contributed by atoms with Gasteiger partial charge in [-0.15, -0.1) is 11.8 Å². The molecule has 0 fully saturated rings. The summed E-state index contributed by atoms with van der Waals surface area (Å²) in [4.78, 5) is 10.4. The van der Waals surface area contributed by atoms with Gasteiger partial charge in [-0.3, -0.25) is 10.1 Å². The molecule has 9 heteroatoms. The lowest BCUT2D eigenvalue weighted by molar-refractivity contribution is -0.479. The molecule has 21 heavy (non-hydrogen) atoms. The number of aliphatic hydroxyl groups excluding tert-OH is 2. The van der Waals surface area contributed by atoms with Crippen molar-refractivity contribution in [2.45, 2.75) is 5.25 Å². The molecular weight excluding hydrogens is 300 g/mol. The second-order valence-electron chi connectivity index (χ2n) is 3.92. The van der Waals surface area contributed by atoms with Crippen molar-refractivity contribution < 1.29 is 24.6 Å². The molecule has 1 atom stereocenters. The first-order chi connectivity index (χ1) is 10.1. The van der Waals surface area contributed by atoms with Crippen molar-refractivity contribution in [3.8, 4) is 11.5 Å². The molecule has 0 bridgehead atoms. The number of hydrogen-bond acceptors (Lipinski definition) is 8. The first kappa shape index (κ1) is 17.5. The van der Waals surface area contributed by atoms with Gasteiger partial charge in [-0.25, -0.2) is 0 Å². The number of ether oxygens (including phenoxy) is 2. The van der Waals surface area contributed by atoms with Crippen molar-refractivity contribution in [2.75, 3.05) is 32.4 Å². The van der Waals surface area contributed by atoms with E-state index in [1.165, 1.54) is 17.8 Å². The van der Waals surface area contributed by atoms with Crippen molar-refractivity contribution in [3.63, 3.8) is 0 Å². The summed E-state index contributed by atoms with van der Waals surface area (Å²) in [5, 5.41) is 28.0. The molecule has 8 nitrogen and oxygen atoms in total. The van der Waals surface area contributed by atoms with Crippen LogP contribution in [0.2, 0.25) is 0 Å². The third kappa shape index (κ3) is 5.76. The van der Waals surface area contributed by atoms with Gasteiger partial charge >= 0.3 is 0 Å². The van der Waals surface area contributed by atoms with Crippen LogP contribution in [0.4, 0.5) is 0 Å². The standard InChI is InChI=1S/C12H18N2O6S/c13-3-4-21-12(6-14(17)18)9-1-2-10(19-7-15)11(5-9)20-8-16/h1-2,5,12,15-16H,3-4,6-8,13H2. The van der Waals surface area contributed by atoms with Crippen molar-refractivity contribution in [2.24, 2.45) is 5.73 Å². The highest BCUT2D eigenvalue weighted by Crippen LogP contribution is 2.35. The fraction of sp³-hybridized carbons (Fsp3) is 0.500. The van der Waals surface area contributed by atoms with Gasteiger partial charge in [0, 0.05) is 17.2 Å². The van der Waals surface area contributed by atoms with Crippen LogP contribution in [0.5, 0.6) is 11.5 Å². The van der Waals surface area contributed by atoms with Crippen molar-refractivity contribution >= 4 is 11.8 Å². The summed E-state index contributed by atoms with van der Waals surface area (Å²) < 4.78 is 9.95. The van der Waals surface area contributed by atoms with Crippen LogP contribution < -0.4 is 15.2 Å². The molecule has 0 amide bonds. The van der Waals surface area contributed by atoms with Crippen LogP contribution in [0.3, 0.4) is 0 Å². The van der Waals surface area contributed by atoms with Crippen LogP contribution in [-0.2, 0) is 0 Å². The molecule has 0 aromatic heterocycles. The Bertz CT molecular complexity index is 459. The number of aliphatic hydroxyl groups is 2. The number of nitro groups is 1. The van der Waals surface area contributed by atoms with Crippen LogP contribution >= 0.6 is 11.8 Å². The SMILES string of the molecule is NCCSC(C[N+](=O)[O-])c1ccc(OCO)c(OCO)c1. The summed E-state index contributed by atoms with van der Waals surface area (Å²) in [6, 6.07) is 4.75. The molecule has 1 rings (SSSR count). The predicted molar refractivity (Wildman–Crippen MR) is 78.0 cm³/mol. The van der Waals surface area contributed by atoms with Crippen LogP contribution in [0.25, 0.3) is 0 Å². The Morgan fingerprint density at radius 1 is 1.29 bits per heavy atom. The summed E-state index contributed by atoms with van der Waals surface area (Å²) in [5.74, 6) is 1.05. The normalized spacial score (nSPS) is 12.0. The average molecular weight is 318 g/mol. The average Bonchev–Trinajstić information content (AvgIpc) is 2.45. The molecule has 0 aliphatic rings. The predicted octanol–water partition coefficient (Wildman–Crippen LogP) is 0.354. The van der Waals surface area contributed by atoms with E-state index in [1.807, 2.05) is 0 Å². The van der Waals surface area contributed by atoms with E-state index in [4.69, 9.17) is 25.4 Å². The number of nitrogens with two attached hydrogens (primary N) is 1. The summed E-state index contributed by atoms with van der Waals surface area (Å²) in [7, 11) is 0. The van der Waals surface area contributed by atoms with Crippen molar-refractivity contribution in [1.82, 2.24) is 0 Å². The Hall–Kier alpha value is -1.55. The fourth-order valence-electron chi connectivity index (χ4n) is 1.70. The molecule has 0 radical (unpaired) electrons. The Morgan fingerprint density at radius 2 is 1.95 bits per heavy atom. The number of benzene rings is 1. The second-order valence-corrected chi connectivity index (χ2v) is 5.23.